The van der Waals surface area contributed by atoms with Crippen molar-refractivity contribution in [2.45, 2.75) is 44.6 Å². The summed E-state index contributed by atoms with van der Waals surface area (Å²) in [5, 5.41) is 13.3. The highest BCUT2D eigenvalue weighted by molar-refractivity contribution is 7.70. The van der Waals surface area contributed by atoms with Crippen molar-refractivity contribution in [3.63, 3.8) is 0 Å². The average Bonchev–Trinajstić information content (AvgIpc) is 3.39. The van der Waals surface area contributed by atoms with Crippen molar-refractivity contribution in [3.8, 4) is 17.3 Å². The summed E-state index contributed by atoms with van der Waals surface area (Å²) < 4.78 is 61.0. The predicted molar refractivity (Wildman–Crippen MR) is 158 cm³/mol. The molecule has 5 rings (SSSR count). The molecule has 13 heteroatoms. The third kappa shape index (κ3) is 6.37. The number of halogens is 3. The number of alkyl halides is 3. The number of nitrogens with one attached hydrogen (secondary N) is 2. The highest BCUT2D eigenvalue weighted by atomic mass is 31.2. The molecule has 0 aliphatic carbocycles. The lowest BCUT2D eigenvalue weighted by atomic mass is 10.00. The lowest BCUT2D eigenvalue weighted by Crippen LogP contribution is -2.50. The fourth-order valence-electron chi connectivity index (χ4n) is 5.36. The number of anilines is 1. The number of piperidine rings is 1. The molecule has 3 heterocycles. The molecule has 2 atom stereocenters. The smallest absolute Gasteiger partial charge is 0.419 e. The van der Waals surface area contributed by atoms with Crippen molar-refractivity contribution >= 4 is 35.4 Å². The fourth-order valence-corrected chi connectivity index (χ4v) is 6.79. The quantitative estimate of drug-likeness (QED) is 0.243. The summed E-state index contributed by atoms with van der Waals surface area (Å²) in [6.07, 6.45) is -1.84. The summed E-state index contributed by atoms with van der Waals surface area (Å²) in [6, 6.07) is 13.9. The Bertz CT molecular complexity index is 1750. The van der Waals surface area contributed by atoms with Crippen LogP contribution in [0.15, 0.2) is 54.9 Å². The van der Waals surface area contributed by atoms with Crippen molar-refractivity contribution in [2.75, 3.05) is 25.2 Å². The number of amides is 1. The number of rotatable bonds is 6. The molecule has 1 saturated heterocycles. The number of fused-ring (bicyclic) bond motifs is 1. The third-order valence-corrected chi connectivity index (χ3v) is 9.03. The van der Waals surface area contributed by atoms with E-state index < -0.39 is 25.0 Å². The van der Waals surface area contributed by atoms with Gasteiger partial charge < -0.3 is 24.5 Å². The highest BCUT2D eigenvalue weighted by Gasteiger charge is 2.37. The molecule has 2 N–H and O–H groups in total. The summed E-state index contributed by atoms with van der Waals surface area (Å²) in [5.74, 6) is -0.0278. The van der Waals surface area contributed by atoms with E-state index in [9.17, 15) is 27.8 Å². The van der Waals surface area contributed by atoms with Crippen LogP contribution in [0.3, 0.4) is 0 Å². The maximum absolute atomic E-state index is 14.1. The van der Waals surface area contributed by atoms with Crippen molar-refractivity contribution in [1.29, 1.82) is 5.26 Å². The molecule has 4 aromatic rings. The molecule has 0 radical (unpaired) electrons. The Morgan fingerprint density at radius 2 is 1.95 bits per heavy atom. The van der Waals surface area contributed by atoms with E-state index in [0.29, 0.717) is 23.7 Å². The van der Waals surface area contributed by atoms with Gasteiger partial charge in [0.05, 0.1) is 28.1 Å². The second-order valence-corrected chi connectivity index (χ2v) is 14.1. The van der Waals surface area contributed by atoms with Crippen LogP contribution in [0.2, 0.25) is 0 Å². The molecule has 0 spiro atoms. The number of hydrogen-bond acceptors (Lipinski definition) is 7. The number of aromatic amines is 1. The van der Waals surface area contributed by atoms with Crippen LogP contribution in [0.4, 0.5) is 23.9 Å². The molecule has 2 aromatic heterocycles. The molecule has 1 aliphatic heterocycles. The topological polar surface area (TPSA) is 124 Å². The molecule has 0 saturated carbocycles. The highest BCUT2D eigenvalue weighted by Crippen LogP contribution is 2.43. The number of nitriles is 1. The number of likely N-dealkylation sites (tertiary alicyclic amines) is 1. The lowest BCUT2D eigenvalue weighted by molar-refractivity contribution is -0.137. The van der Waals surface area contributed by atoms with Crippen molar-refractivity contribution in [2.24, 2.45) is 0 Å². The van der Waals surface area contributed by atoms with E-state index in [1.165, 1.54) is 31.7 Å². The van der Waals surface area contributed by atoms with Gasteiger partial charge in [0.2, 0.25) is 5.95 Å². The van der Waals surface area contributed by atoms with Gasteiger partial charge in [-0.15, -0.1) is 0 Å². The van der Waals surface area contributed by atoms with Crippen LogP contribution < -0.4 is 10.6 Å². The van der Waals surface area contributed by atoms with Crippen LogP contribution in [0, 0.1) is 11.3 Å². The number of carbonyl (C=O) groups is 1. The molecule has 2 aromatic carbocycles. The maximum Gasteiger partial charge on any atom is 0.419 e. The van der Waals surface area contributed by atoms with Crippen LogP contribution in [-0.4, -0.2) is 57.9 Å². The molecule has 0 bridgehead atoms. The molecular formula is C30H30F3N6O3P. The molecule has 1 aliphatic rings. The van der Waals surface area contributed by atoms with Gasteiger partial charge in [-0.2, -0.15) is 18.4 Å². The number of benzene rings is 2. The molecule has 1 fully saturated rings. The molecule has 0 unspecified atom stereocenters. The minimum Gasteiger partial charge on any atom is -0.445 e. The summed E-state index contributed by atoms with van der Waals surface area (Å²) in [7, 11) is -2.98. The molecule has 43 heavy (non-hydrogen) atoms. The zero-order chi connectivity index (χ0) is 30.9. The third-order valence-electron chi connectivity index (χ3n) is 7.49. The van der Waals surface area contributed by atoms with Gasteiger partial charge in [-0.05, 0) is 44.7 Å². The monoisotopic (exact) mass is 610 g/mol. The summed E-state index contributed by atoms with van der Waals surface area (Å²) in [6.45, 7) is 5.30. The number of nitrogens with zero attached hydrogens (tertiary/aromatic N) is 4. The average molecular weight is 611 g/mol. The van der Waals surface area contributed by atoms with E-state index in [1.54, 1.807) is 4.90 Å². The minimum absolute atomic E-state index is 0.0278. The predicted octanol–water partition coefficient (Wildman–Crippen LogP) is 6.36. The number of ether oxygens (including phenoxy) is 1. The van der Waals surface area contributed by atoms with E-state index in [1.807, 2.05) is 43.3 Å². The van der Waals surface area contributed by atoms with E-state index in [-0.39, 0.29) is 53.3 Å². The maximum atomic E-state index is 14.1. The zero-order valence-electron chi connectivity index (χ0n) is 23.8. The Morgan fingerprint density at radius 3 is 2.63 bits per heavy atom. The van der Waals surface area contributed by atoms with Gasteiger partial charge in [0.25, 0.3) is 0 Å². The number of carbonyl (C=O) groups excluding carboxylic acids is 1. The minimum atomic E-state index is -4.75. The van der Waals surface area contributed by atoms with Gasteiger partial charge in [0.1, 0.15) is 19.3 Å². The Labute approximate surface area is 246 Å². The second kappa shape index (κ2) is 11.7. The summed E-state index contributed by atoms with van der Waals surface area (Å²) >= 11 is 0. The second-order valence-electron chi connectivity index (χ2n) is 11.0. The first-order valence-corrected chi connectivity index (χ1v) is 16.2. The number of hydrogen-bond donors (Lipinski definition) is 2. The fraction of sp³-hybridized carbons (Fsp3) is 0.333. The van der Waals surface area contributed by atoms with Crippen LogP contribution in [0.5, 0.6) is 0 Å². The molecule has 224 valence electrons. The number of H-pyrrole nitrogens is 1. The molecular weight excluding hydrogens is 580 g/mol. The Balaban J connectivity index is 1.44. The SMILES string of the molecule is C[C@H]1CC[C@H](Nc2ncc(C(F)(F)F)c(-c3c[nH]c4c(P(C)(C)=O)c(C#N)ccc34)n2)CN1C(=O)OCc1ccccc1. The van der Waals surface area contributed by atoms with Gasteiger partial charge >= 0.3 is 12.3 Å². The van der Waals surface area contributed by atoms with E-state index >= 15 is 0 Å². The first-order valence-electron chi connectivity index (χ1n) is 13.6. The van der Waals surface area contributed by atoms with Gasteiger partial charge in [-0.1, -0.05) is 36.4 Å². The van der Waals surface area contributed by atoms with E-state index in [4.69, 9.17) is 4.74 Å². The van der Waals surface area contributed by atoms with E-state index in [2.05, 4.69) is 20.3 Å². The Kier molecular flexibility index (Phi) is 8.21. The van der Waals surface area contributed by atoms with E-state index in [0.717, 1.165) is 11.8 Å². The van der Waals surface area contributed by atoms with Gasteiger partial charge in [0, 0.05) is 42.0 Å². The van der Waals surface area contributed by atoms with Crippen molar-refractivity contribution in [3.05, 3.63) is 71.5 Å². The molecule has 1 amide bonds. The van der Waals surface area contributed by atoms with Gasteiger partial charge in [0.15, 0.2) is 0 Å². The normalized spacial score (nSPS) is 17.5. The first kappa shape index (κ1) is 30.1. The van der Waals surface area contributed by atoms with Crippen LogP contribution in [0.25, 0.3) is 22.2 Å². The standard InChI is InChI=1S/C30H30F3N6O3P/c1-18-9-11-21(16-39(18)29(40)42-17-19-7-5-4-6-8-19)37-28-36-15-24(30(31,32)33)25(38-28)23-14-35-26-22(23)12-10-20(13-34)27(26)43(2,3)41/h4-8,10,12,14-15,18,21,35H,9,11,16-17H2,1-3H3,(H,36,37,38)/t18-,21-/m0/s1. The van der Waals surface area contributed by atoms with Crippen LogP contribution in [0.1, 0.15) is 36.5 Å². The largest absolute Gasteiger partial charge is 0.445 e. The lowest BCUT2D eigenvalue weighted by Gasteiger charge is -2.37. The first-order chi connectivity index (χ1) is 20.4. The summed E-state index contributed by atoms with van der Waals surface area (Å²) in [4.78, 5) is 25.7. The Hall–Kier alpha value is -4.36. The van der Waals surface area contributed by atoms with Gasteiger partial charge in [-0.25, -0.2) is 14.8 Å². The zero-order valence-corrected chi connectivity index (χ0v) is 24.7. The number of aromatic nitrogens is 3. The van der Waals surface area contributed by atoms with Crippen LogP contribution in [-0.2, 0) is 22.1 Å². The Morgan fingerprint density at radius 1 is 1.21 bits per heavy atom. The molecule has 9 nitrogen and oxygen atoms in total. The van der Waals surface area contributed by atoms with Crippen molar-refractivity contribution < 1.29 is 27.3 Å². The summed E-state index contributed by atoms with van der Waals surface area (Å²) in [5.41, 5.74) is 0.107. The van der Waals surface area contributed by atoms with Crippen LogP contribution >= 0.6 is 7.14 Å². The van der Waals surface area contributed by atoms with Gasteiger partial charge in [-0.3, -0.25) is 0 Å². The van der Waals surface area contributed by atoms with Crippen molar-refractivity contribution in [1.82, 2.24) is 19.9 Å².